The van der Waals surface area contributed by atoms with E-state index in [4.69, 9.17) is 0 Å². The standard InChI is InChI=1S/C13H14.C6H6.C2H6.C2H4/c1-4-8-12-9-6-7-10-13(12)11(3)5-2;1-2-4-6-5-3-1;2*1-2/h5-7,9-10H,1-3H3;1-6H;1-2H3;1-2H2/b11-5+;;;. The van der Waals surface area contributed by atoms with Crippen LogP contribution >= 0.6 is 0 Å². The van der Waals surface area contributed by atoms with Gasteiger partial charge in [0.25, 0.3) is 0 Å². The Morgan fingerprint density at radius 1 is 0.870 bits per heavy atom. The molecule has 0 spiro atoms. The minimum atomic E-state index is 1.11. The summed E-state index contributed by atoms with van der Waals surface area (Å²) >= 11 is 0. The van der Waals surface area contributed by atoms with Crippen LogP contribution in [0.25, 0.3) is 5.57 Å². The van der Waals surface area contributed by atoms with Gasteiger partial charge in [-0.2, -0.15) is 0 Å². The maximum Gasteiger partial charge on any atom is 0.0320 e. The fourth-order valence-corrected chi connectivity index (χ4v) is 1.61. The summed E-state index contributed by atoms with van der Waals surface area (Å²) in [5.41, 5.74) is 3.62. The molecule has 0 aliphatic carbocycles. The molecule has 0 heterocycles. The molecule has 0 saturated heterocycles. The van der Waals surface area contributed by atoms with Crippen molar-refractivity contribution in [3.63, 3.8) is 0 Å². The number of hydrogen-bond donors (Lipinski definition) is 0. The van der Waals surface area contributed by atoms with Crippen molar-refractivity contribution in [3.05, 3.63) is 91.0 Å². The van der Waals surface area contributed by atoms with Gasteiger partial charge in [0.1, 0.15) is 0 Å². The molecule has 0 heteroatoms. The number of allylic oxidation sites excluding steroid dienone is 2. The summed E-state index contributed by atoms with van der Waals surface area (Å²) in [7, 11) is 0. The third-order valence-corrected chi connectivity index (χ3v) is 2.71. The molecular formula is C23H30. The lowest BCUT2D eigenvalue weighted by molar-refractivity contribution is 1.50. The summed E-state index contributed by atoms with van der Waals surface area (Å²) in [6.07, 6.45) is 2.11. The predicted octanol–water partition coefficient (Wildman–Crippen LogP) is 7.00. The molecule has 0 radical (unpaired) electrons. The lowest BCUT2D eigenvalue weighted by Gasteiger charge is -2.03. The lowest BCUT2D eigenvalue weighted by Crippen LogP contribution is -1.85. The van der Waals surface area contributed by atoms with Crippen LogP contribution in [0, 0.1) is 11.8 Å². The van der Waals surface area contributed by atoms with E-state index in [0.717, 1.165) is 5.56 Å². The normalized spacial score (nSPS) is 8.48. The van der Waals surface area contributed by atoms with E-state index in [-0.39, 0.29) is 0 Å². The summed E-state index contributed by atoms with van der Waals surface area (Å²) in [4.78, 5) is 0. The first-order valence-electron chi connectivity index (χ1n) is 7.94. The average Bonchev–Trinajstić information content (AvgIpc) is 2.67. The van der Waals surface area contributed by atoms with Crippen molar-refractivity contribution in [3.8, 4) is 11.8 Å². The Hall–Kier alpha value is -2.52. The van der Waals surface area contributed by atoms with Crippen molar-refractivity contribution in [2.75, 3.05) is 0 Å². The van der Waals surface area contributed by atoms with Gasteiger partial charge in [-0.05, 0) is 38.0 Å². The van der Waals surface area contributed by atoms with Crippen molar-refractivity contribution in [2.24, 2.45) is 0 Å². The molecule has 0 amide bonds. The first-order valence-corrected chi connectivity index (χ1v) is 7.94. The summed E-state index contributed by atoms with van der Waals surface area (Å²) in [6, 6.07) is 20.2. The highest BCUT2D eigenvalue weighted by atomic mass is 14.0. The van der Waals surface area contributed by atoms with Gasteiger partial charge < -0.3 is 0 Å². The van der Waals surface area contributed by atoms with Crippen molar-refractivity contribution >= 4 is 5.57 Å². The van der Waals surface area contributed by atoms with Crippen molar-refractivity contribution in [1.29, 1.82) is 0 Å². The zero-order valence-corrected chi connectivity index (χ0v) is 15.3. The van der Waals surface area contributed by atoms with E-state index < -0.39 is 0 Å². The quantitative estimate of drug-likeness (QED) is 0.393. The van der Waals surface area contributed by atoms with Crippen molar-refractivity contribution < 1.29 is 0 Å². The minimum Gasteiger partial charge on any atom is -0.106 e. The van der Waals surface area contributed by atoms with Crippen molar-refractivity contribution in [1.82, 2.24) is 0 Å². The van der Waals surface area contributed by atoms with Gasteiger partial charge >= 0.3 is 0 Å². The molecule has 0 fully saturated rings. The zero-order chi connectivity index (χ0) is 17.9. The Bertz CT molecular complexity index is 553. The predicted molar refractivity (Wildman–Crippen MR) is 107 cm³/mol. The largest absolute Gasteiger partial charge is 0.106 e. The fourth-order valence-electron chi connectivity index (χ4n) is 1.61. The van der Waals surface area contributed by atoms with Crippen LogP contribution in [-0.2, 0) is 0 Å². The van der Waals surface area contributed by atoms with Gasteiger partial charge in [0, 0.05) is 5.56 Å². The van der Waals surface area contributed by atoms with Crippen LogP contribution in [0.5, 0.6) is 0 Å². The van der Waals surface area contributed by atoms with Crippen LogP contribution in [0.2, 0.25) is 0 Å². The second kappa shape index (κ2) is 17.5. The third-order valence-electron chi connectivity index (χ3n) is 2.71. The first-order chi connectivity index (χ1) is 11.3. The molecule has 0 atom stereocenters. The minimum absolute atomic E-state index is 1.11. The summed E-state index contributed by atoms with van der Waals surface area (Å²) < 4.78 is 0. The zero-order valence-electron chi connectivity index (χ0n) is 15.3. The van der Waals surface area contributed by atoms with Crippen LogP contribution in [-0.4, -0.2) is 0 Å². The molecule has 0 aliphatic rings. The number of rotatable bonds is 1. The molecule has 23 heavy (non-hydrogen) atoms. The Balaban J connectivity index is 0. The molecule has 0 saturated carbocycles. The smallest absolute Gasteiger partial charge is 0.0320 e. The Morgan fingerprint density at radius 2 is 1.30 bits per heavy atom. The van der Waals surface area contributed by atoms with Crippen LogP contribution in [0.15, 0.2) is 79.9 Å². The van der Waals surface area contributed by atoms with Crippen LogP contribution < -0.4 is 0 Å². The van der Waals surface area contributed by atoms with Gasteiger partial charge in [0.2, 0.25) is 0 Å². The van der Waals surface area contributed by atoms with Gasteiger partial charge in [-0.1, -0.05) is 80.4 Å². The molecule has 2 aromatic carbocycles. The highest BCUT2D eigenvalue weighted by Gasteiger charge is 1.98. The van der Waals surface area contributed by atoms with Crippen molar-refractivity contribution in [2.45, 2.75) is 34.6 Å². The lowest BCUT2D eigenvalue weighted by atomic mass is 10.0. The van der Waals surface area contributed by atoms with Crippen LogP contribution in [0.4, 0.5) is 0 Å². The molecule has 2 rings (SSSR count). The average molecular weight is 306 g/mol. The molecule has 0 aliphatic heterocycles. The molecule has 122 valence electrons. The van der Waals surface area contributed by atoms with E-state index >= 15 is 0 Å². The topological polar surface area (TPSA) is 0 Å². The summed E-state index contributed by atoms with van der Waals surface area (Å²) in [6.45, 7) is 16.0. The maximum absolute atomic E-state index is 3.10. The van der Waals surface area contributed by atoms with Crippen LogP contribution in [0.1, 0.15) is 45.7 Å². The van der Waals surface area contributed by atoms with E-state index in [1.54, 1.807) is 0 Å². The second-order valence-corrected chi connectivity index (χ2v) is 4.05. The summed E-state index contributed by atoms with van der Waals surface area (Å²) in [5, 5.41) is 0. The van der Waals surface area contributed by atoms with E-state index in [9.17, 15) is 0 Å². The molecule has 0 bridgehead atoms. The Kier molecular flexibility index (Phi) is 17.3. The fraction of sp³-hybridized carbons (Fsp3) is 0.217. The van der Waals surface area contributed by atoms with Gasteiger partial charge in [0.15, 0.2) is 0 Å². The van der Waals surface area contributed by atoms with E-state index in [1.165, 1.54) is 11.1 Å². The van der Waals surface area contributed by atoms with E-state index in [0.29, 0.717) is 0 Å². The molecule has 0 N–H and O–H groups in total. The molecule has 2 aromatic rings. The molecule has 0 aromatic heterocycles. The monoisotopic (exact) mass is 306 g/mol. The Labute approximate surface area is 143 Å². The maximum atomic E-state index is 3.10. The second-order valence-electron chi connectivity index (χ2n) is 4.05. The number of benzene rings is 2. The van der Waals surface area contributed by atoms with E-state index in [2.05, 4.69) is 50.1 Å². The van der Waals surface area contributed by atoms with Crippen LogP contribution in [0.3, 0.4) is 0 Å². The number of hydrogen-bond acceptors (Lipinski definition) is 0. The molecule has 0 nitrogen and oxygen atoms in total. The Morgan fingerprint density at radius 3 is 1.70 bits per heavy atom. The molecular weight excluding hydrogens is 276 g/mol. The highest BCUT2D eigenvalue weighted by molar-refractivity contribution is 5.69. The van der Waals surface area contributed by atoms with E-state index in [1.807, 2.05) is 76.2 Å². The van der Waals surface area contributed by atoms with Gasteiger partial charge in [0.05, 0.1) is 0 Å². The first kappa shape index (κ1) is 22.8. The SMILES string of the molecule is C=C.CC.CC#Cc1ccccc1/C(C)=C/C.c1ccccc1. The van der Waals surface area contributed by atoms with Gasteiger partial charge in [-0.25, -0.2) is 0 Å². The third kappa shape index (κ3) is 10.8. The van der Waals surface area contributed by atoms with Gasteiger partial charge in [-0.3, -0.25) is 0 Å². The highest BCUT2D eigenvalue weighted by Crippen LogP contribution is 2.17. The molecule has 0 unspecified atom stereocenters. The summed E-state index contributed by atoms with van der Waals surface area (Å²) in [5.74, 6) is 6.03. The van der Waals surface area contributed by atoms with Gasteiger partial charge in [-0.15, -0.1) is 19.1 Å².